The third-order valence-electron chi connectivity index (χ3n) is 5.38. The van der Waals surface area contributed by atoms with E-state index in [1.807, 2.05) is 32.0 Å². The van der Waals surface area contributed by atoms with Gasteiger partial charge in [0.15, 0.2) is 0 Å². The Morgan fingerprint density at radius 3 is 2.57 bits per heavy atom. The van der Waals surface area contributed by atoms with Crippen LogP contribution < -0.4 is 21.5 Å². The first kappa shape index (κ1) is 19.9. The van der Waals surface area contributed by atoms with Crippen LogP contribution in [0.4, 0.5) is 17.1 Å². The molecule has 2 heterocycles. The van der Waals surface area contributed by atoms with Crippen LogP contribution in [0.5, 0.6) is 0 Å². The molecule has 1 aliphatic rings. The average molecular weight is 409 g/mol. The maximum absolute atomic E-state index is 12.7. The van der Waals surface area contributed by atoms with Gasteiger partial charge in [-0.05, 0) is 37.1 Å². The van der Waals surface area contributed by atoms with Gasteiger partial charge in [0.05, 0.1) is 23.9 Å². The average Bonchev–Trinajstić information content (AvgIpc) is 3.31. The fourth-order valence-electron chi connectivity index (χ4n) is 3.80. The first-order chi connectivity index (χ1) is 14.4. The molecule has 1 atom stereocenters. The molecule has 8 nitrogen and oxygen atoms in total. The number of carbonyl (C=O) groups excluding carboxylic acids is 1. The highest BCUT2D eigenvalue weighted by Gasteiger charge is 2.31. The Labute approximate surface area is 172 Å². The van der Waals surface area contributed by atoms with Gasteiger partial charge < -0.3 is 25.1 Å². The van der Waals surface area contributed by atoms with Crippen LogP contribution in [0.1, 0.15) is 46.8 Å². The number of furan rings is 1. The fraction of sp³-hybridized carbons (Fsp3) is 0.318. The molecule has 8 heteroatoms. The summed E-state index contributed by atoms with van der Waals surface area (Å²) in [6.07, 6.45) is 0.653. The van der Waals surface area contributed by atoms with Crippen molar-refractivity contribution in [2.75, 3.05) is 23.8 Å². The van der Waals surface area contributed by atoms with Gasteiger partial charge in [0.2, 0.25) is 0 Å². The van der Waals surface area contributed by atoms with Crippen LogP contribution in [-0.2, 0) is 6.54 Å². The third kappa shape index (κ3) is 3.29. The van der Waals surface area contributed by atoms with Crippen LogP contribution in [0.15, 0.2) is 44.3 Å². The zero-order valence-corrected chi connectivity index (χ0v) is 16.8. The van der Waals surface area contributed by atoms with Gasteiger partial charge in [0.25, 0.3) is 16.8 Å². The van der Waals surface area contributed by atoms with E-state index >= 15 is 0 Å². The number of hydrogen-bond donors (Lipinski definition) is 3. The second kappa shape index (κ2) is 7.79. The quantitative estimate of drug-likeness (QED) is 0.490. The number of hydrogen-bond acceptors (Lipinski definition) is 7. The van der Waals surface area contributed by atoms with Gasteiger partial charge in [-0.25, -0.2) is 0 Å². The van der Waals surface area contributed by atoms with Crippen molar-refractivity contribution in [3.63, 3.8) is 0 Å². The molecule has 1 aliphatic heterocycles. The Bertz CT molecular complexity index is 1170. The van der Waals surface area contributed by atoms with E-state index in [-0.39, 0.29) is 36.5 Å². The van der Waals surface area contributed by atoms with Crippen LogP contribution in [0.25, 0.3) is 0 Å². The molecule has 0 spiro atoms. The third-order valence-corrected chi connectivity index (χ3v) is 5.38. The molecule has 156 valence electrons. The van der Waals surface area contributed by atoms with Gasteiger partial charge in [-0.15, -0.1) is 0 Å². The zero-order valence-electron chi connectivity index (χ0n) is 16.8. The van der Waals surface area contributed by atoms with Crippen molar-refractivity contribution in [3.8, 4) is 0 Å². The Morgan fingerprint density at radius 2 is 1.90 bits per heavy atom. The van der Waals surface area contributed by atoms with E-state index < -0.39 is 10.9 Å². The molecule has 0 radical (unpaired) electrons. The van der Waals surface area contributed by atoms with Crippen LogP contribution in [0, 0.1) is 6.92 Å². The number of aryl methyl sites for hydroxylation is 1. The molecular formula is C22H23N3O5. The highest BCUT2D eigenvalue weighted by molar-refractivity contribution is 6.04. The zero-order chi connectivity index (χ0) is 21.4. The summed E-state index contributed by atoms with van der Waals surface area (Å²) in [5, 5.41) is 15.3. The van der Waals surface area contributed by atoms with Crippen molar-refractivity contribution in [1.82, 2.24) is 4.90 Å². The number of benzene rings is 1. The van der Waals surface area contributed by atoms with Crippen LogP contribution in [0.2, 0.25) is 0 Å². The fourth-order valence-corrected chi connectivity index (χ4v) is 3.80. The minimum Gasteiger partial charge on any atom is -0.464 e. The molecule has 4 rings (SSSR count). The lowest BCUT2D eigenvalue weighted by Gasteiger charge is -2.21. The van der Waals surface area contributed by atoms with Gasteiger partial charge >= 0.3 is 0 Å². The van der Waals surface area contributed by atoms with Crippen molar-refractivity contribution < 1.29 is 14.3 Å². The Morgan fingerprint density at radius 1 is 1.13 bits per heavy atom. The van der Waals surface area contributed by atoms with Crippen molar-refractivity contribution >= 4 is 23.0 Å². The largest absolute Gasteiger partial charge is 0.464 e. The summed E-state index contributed by atoms with van der Waals surface area (Å²) >= 11 is 0. The van der Waals surface area contributed by atoms with Crippen molar-refractivity contribution in [2.45, 2.75) is 32.9 Å². The van der Waals surface area contributed by atoms with Crippen molar-refractivity contribution in [2.24, 2.45) is 0 Å². The second-order valence-corrected chi connectivity index (χ2v) is 7.38. The summed E-state index contributed by atoms with van der Waals surface area (Å²) < 4.78 is 5.66. The number of nitrogens with one attached hydrogen (secondary N) is 2. The predicted molar refractivity (Wildman–Crippen MR) is 113 cm³/mol. The maximum atomic E-state index is 12.7. The summed E-state index contributed by atoms with van der Waals surface area (Å²) in [4.78, 5) is 38.8. The smallest absolute Gasteiger partial charge is 0.256 e. The number of carbonyl (C=O) groups is 1. The normalized spacial score (nSPS) is 14.2. The standard InChI is InChI=1S/C22H23N3O5/c1-3-14(16-8-7-12(2)30-16)23-18-19(21(28)20(18)27)24-15-6-4-5-13-11-25(9-10-26)22(29)17(13)15/h4-8,14,23-24,26H,3,9-11H2,1-2H3/t14-/m1/s1. The number of fused-ring (bicyclic) bond motifs is 1. The first-order valence-corrected chi connectivity index (χ1v) is 9.89. The number of rotatable bonds is 8. The Kier molecular flexibility index (Phi) is 5.17. The number of amides is 1. The van der Waals surface area contributed by atoms with E-state index in [0.717, 1.165) is 11.3 Å². The molecule has 0 fully saturated rings. The van der Waals surface area contributed by atoms with Crippen molar-refractivity contribution in [3.05, 3.63) is 73.4 Å². The highest BCUT2D eigenvalue weighted by atomic mass is 16.3. The summed E-state index contributed by atoms with van der Waals surface area (Å²) in [7, 11) is 0. The molecule has 0 unspecified atom stereocenters. The first-order valence-electron chi connectivity index (χ1n) is 9.89. The SMILES string of the molecule is CC[C@@H](Nc1c(Nc2cccc3c2C(=O)N(CCO)C3)c(=O)c1=O)c1ccc(C)o1. The number of aliphatic hydroxyl groups excluding tert-OH is 1. The topological polar surface area (TPSA) is 112 Å². The lowest BCUT2D eigenvalue weighted by Crippen LogP contribution is -2.37. The minimum absolute atomic E-state index is 0.126. The van der Waals surface area contributed by atoms with Crippen LogP contribution in [0.3, 0.4) is 0 Å². The number of nitrogens with zero attached hydrogens (tertiary/aromatic N) is 1. The van der Waals surface area contributed by atoms with Gasteiger partial charge in [0.1, 0.15) is 22.9 Å². The maximum Gasteiger partial charge on any atom is 0.256 e. The van der Waals surface area contributed by atoms with Gasteiger partial charge in [0, 0.05) is 13.1 Å². The molecule has 1 aromatic heterocycles. The van der Waals surface area contributed by atoms with E-state index in [2.05, 4.69) is 10.6 Å². The summed E-state index contributed by atoms with van der Waals surface area (Å²) in [6, 6.07) is 8.75. The summed E-state index contributed by atoms with van der Waals surface area (Å²) in [5.41, 5.74) is 0.843. The molecular weight excluding hydrogens is 386 g/mol. The van der Waals surface area contributed by atoms with Gasteiger partial charge in [-0.3, -0.25) is 14.4 Å². The predicted octanol–water partition coefficient (Wildman–Crippen LogP) is 2.44. The van der Waals surface area contributed by atoms with E-state index in [1.165, 1.54) is 0 Å². The van der Waals surface area contributed by atoms with E-state index in [0.29, 0.717) is 30.0 Å². The van der Waals surface area contributed by atoms with Gasteiger partial charge in [-0.2, -0.15) is 0 Å². The molecule has 30 heavy (non-hydrogen) atoms. The Hall–Kier alpha value is -3.39. The van der Waals surface area contributed by atoms with Crippen molar-refractivity contribution in [1.29, 1.82) is 0 Å². The van der Waals surface area contributed by atoms with Crippen LogP contribution in [-0.4, -0.2) is 29.1 Å². The molecule has 3 N–H and O–H groups in total. The summed E-state index contributed by atoms with van der Waals surface area (Å²) in [5.74, 6) is 1.23. The molecule has 0 aliphatic carbocycles. The van der Waals surface area contributed by atoms with E-state index in [4.69, 9.17) is 4.42 Å². The highest BCUT2D eigenvalue weighted by Crippen LogP contribution is 2.33. The minimum atomic E-state index is -0.627. The monoisotopic (exact) mass is 409 g/mol. The number of aliphatic hydroxyl groups is 1. The molecule has 1 amide bonds. The molecule has 2 aromatic carbocycles. The molecule has 0 saturated heterocycles. The number of anilines is 3. The second-order valence-electron chi connectivity index (χ2n) is 7.38. The van der Waals surface area contributed by atoms with E-state index in [1.54, 1.807) is 17.0 Å². The molecule has 3 aromatic rings. The van der Waals surface area contributed by atoms with Gasteiger partial charge in [-0.1, -0.05) is 19.1 Å². The lowest BCUT2D eigenvalue weighted by atomic mass is 10.1. The lowest BCUT2D eigenvalue weighted by molar-refractivity contribution is 0.0746. The Balaban J connectivity index is 1.62. The van der Waals surface area contributed by atoms with E-state index in [9.17, 15) is 19.5 Å². The summed E-state index contributed by atoms with van der Waals surface area (Å²) in [6.45, 7) is 4.30. The molecule has 0 bridgehead atoms. The molecule has 0 saturated carbocycles. The number of β-amino-alcohol motifs (C(OH)–C–C–N with tert-alkyl or cyclic N) is 1. The van der Waals surface area contributed by atoms with Crippen LogP contribution >= 0.6 is 0 Å².